The molecule has 1 aliphatic rings. The zero-order chi connectivity index (χ0) is 11.1. The first kappa shape index (κ1) is 11.6. The van der Waals surface area contributed by atoms with Crippen LogP contribution in [0.25, 0.3) is 0 Å². The van der Waals surface area contributed by atoms with Gasteiger partial charge in [-0.2, -0.15) is 0 Å². The second kappa shape index (κ2) is 6.61. The predicted octanol–water partition coefficient (Wildman–Crippen LogP) is 2.13. The number of ether oxygens (including phenoxy) is 1. The van der Waals surface area contributed by atoms with Crippen LogP contribution < -0.4 is 5.32 Å². The molecule has 2 rings (SSSR count). The Morgan fingerprint density at radius 1 is 1.44 bits per heavy atom. The van der Waals surface area contributed by atoms with Crippen LogP contribution in [-0.4, -0.2) is 24.2 Å². The van der Waals surface area contributed by atoms with E-state index >= 15 is 0 Å². The van der Waals surface area contributed by atoms with E-state index in [4.69, 9.17) is 4.74 Å². The topological polar surface area (TPSA) is 34.1 Å². The highest BCUT2D eigenvalue weighted by Crippen LogP contribution is 2.10. The van der Waals surface area contributed by atoms with Gasteiger partial charge in [-0.05, 0) is 37.4 Å². The molecule has 2 heterocycles. The summed E-state index contributed by atoms with van der Waals surface area (Å²) in [5.74, 6) is 0. The van der Waals surface area contributed by atoms with Crippen molar-refractivity contribution in [1.82, 2.24) is 10.3 Å². The summed E-state index contributed by atoms with van der Waals surface area (Å²) in [6, 6.07) is 4.66. The van der Waals surface area contributed by atoms with Gasteiger partial charge in [-0.15, -0.1) is 0 Å². The molecule has 1 aromatic heterocycles. The van der Waals surface area contributed by atoms with Gasteiger partial charge in [0.25, 0.3) is 0 Å². The monoisotopic (exact) mass is 220 g/mol. The summed E-state index contributed by atoms with van der Waals surface area (Å²) >= 11 is 0. The van der Waals surface area contributed by atoms with Crippen LogP contribution in [0.2, 0.25) is 0 Å². The number of pyridine rings is 1. The van der Waals surface area contributed by atoms with Gasteiger partial charge in [0.05, 0.1) is 6.61 Å². The van der Waals surface area contributed by atoms with E-state index in [-0.39, 0.29) is 0 Å². The maximum Gasteiger partial charge on any atom is 0.0731 e. The molecule has 1 fully saturated rings. The standard InChI is InChI=1S/C13H20N2O/c1-2-8-15-13(5-1)6-9-16-11-12-4-3-7-14-10-12/h3-4,7,10,13,15H,1-2,5-6,8-9,11H2/t13-/m0/s1. The van der Waals surface area contributed by atoms with Gasteiger partial charge in [-0.1, -0.05) is 12.5 Å². The maximum absolute atomic E-state index is 5.64. The molecule has 1 aromatic rings. The Hall–Kier alpha value is -0.930. The predicted molar refractivity (Wildman–Crippen MR) is 64.2 cm³/mol. The third-order valence-electron chi connectivity index (χ3n) is 3.01. The molecule has 1 N–H and O–H groups in total. The van der Waals surface area contributed by atoms with Crippen molar-refractivity contribution in [3.63, 3.8) is 0 Å². The van der Waals surface area contributed by atoms with Gasteiger partial charge >= 0.3 is 0 Å². The number of hydrogen-bond donors (Lipinski definition) is 1. The van der Waals surface area contributed by atoms with E-state index in [0.29, 0.717) is 12.6 Å². The molecule has 3 nitrogen and oxygen atoms in total. The molecule has 1 atom stereocenters. The van der Waals surface area contributed by atoms with E-state index in [1.165, 1.54) is 25.8 Å². The van der Waals surface area contributed by atoms with Crippen molar-refractivity contribution in [2.45, 2.75) is 38.3 Å². The van der Waals surface area contributed by atoms with E-state index in [0.717, 1.165) is 18.6 Å². The first-order chi connectivity index (χ1) is 7.95. The van der Waals surface area contributed by atoms with Crippen molar-refractivity contribution in [1.29, 1.82) is 0 Å². The zero-order valence-corrected chi connectivity index (χ0v) is 9.69. The first-order valence-corrected chi connectivity index (χ1v) is 6.15. The molecule has 0 aromatic carbocycles. The largest absolute Gasteiger partial charge is 0.377 e. The van der Waals surface area contributed by atoms with Crippen LogP contribution in [0, 0.1) is 0 Å². The van der Waals surface area contributed by atoms with Crippen molar-refractivity contribution in [2.75, 3.05) is 13.2 Å². The fourth-order valence-electron chi connectivity index (χ4n) is 2.07. The van der Waals surface area contributed by atoms with Crippen LogP contribution in [0.15, 0.2) is 24.5 Å². The van der Waals surface area contributed by atoms with Crippen LogP contribution >= 0.6 is 0 Å². The second-order valence-electron chi connectivity index (χ2n) is 4.35. The first-order valence-electron chi connectivity index (χ1n) is 6.15. The third-order valence-corrected chi connectivity index (χ3v) is 3.01. The number of hydrogen-bond acceptors (Lipinski definition) is 3. The Morgan fingerprint density at radius 2 is 2.44 bits per heavy atom. The molecule has 0 amide bonds. The van der Waals surface area contributed by atoms with Crippen molar-refractivity contribution in [3.8, 4) is 0 Å². The van der Waals surface area contributed by atoms with Gasteiger partial charge in [-0.25, -0.2) is 0 Å². The number of nitrogens with zero attached hydrogens (tertiary/aromatic N) is 1. The molecule has 1 aliphatic heterocycles. The Kier molecular flexibility index (Phi) is 4.77. The molecule has 0 bridgehead atoms. The van der Waals surface area contributed by atoms with Crippen molar-refractivity contribution >= 4 is 0 Å². The molecule has 1 saturated heterocycles. The lowest BCUT2D eigenvalue weighted by atomic mass is 10.0. The third kappa shape index (κ3) is 3.91. The summed E-state index contributed by atoms with van der Waals surface area (Å²) in [5.41, 5.74) is 1.15. The molecule has 0 aliphatic carbocycles. The van der Waals surface area contributed by atoms with E-state index in [1.54, 1.807) is 6.20 Å². The lowest BCUT2D eigenvalue weighted by Gasteiger charge is -2.23. The quantitative estimate of drug-likeness (QED) is 0.772. The van der Waals surface area contributed by atoms with Gasteiger partial charge < -0.3 is 10.1 Å². The Bertz CT molecular complexity index is 283. The van der Waals surface area contributed by atoms with Gasteiger partial charge in [0, 0.05) is 25.0 Å². The summed E-state index contributed by atoms with van der Waals surface area (Å²) in [7, 11) is 0. The zero-order valence-electron chi connectivity index (χ0n) is 9.69. The summed E-state index contributed by atoms with van der Waals surface area (Å²) in [6.07, 6.45) is 8.76. The molecule has 88 valence electrons. The highest BCUT2D eigenvalue weighted by Gasteiger charge is 2.11. The highest BCUT2D eigenvalue weighted by atomic mass is 16.5. The fourth-order valence-corrected chi connectivity index (χ4v) is 2.07. The van der Waals surface area contributed by atoms with Crippen LogP contribution in [0.5, 0.6) is 0 Å². The minimum atomic E-state index is 0.669. The summed E-state index contributed by atoms with van der Waals surface area (Å²) in [5, 5.41) is 3.53. The average molecular weight is 220 g/mol. The Labute approximate surface area is 97.2 Å². The molecule has 16 heavy (non-hydrogen) atoms. The van der Waals surface area contributed by atoms with Crippen molar-refractivity contribution in [2.24, 2.45) is 0 Å². The van der Waals surface area contributed by atoms with Crippen LogP contribution in [-0.2, 0) is 11.3 Å². The van der Waals surface area contributed by atoms with Gasteiger partial charge in [0.1, 0.15) is 0 Å². The van der Waals surface area contributed by atoms with Crippen molar-refractivity contribution in [3.05, 3.63) is 30.1 Å². The summed E-state index contributed by atoms with van der Waals surface area (Å²) in [6.45, 7) is 2.69. The molecule has 0 saturated carbocycles. The van der Waals surface area contributed by atoms with Crippen molar-refractivity contribution < 1.29 is 4.74 Å². The normalized spacial score (nSPS) is 20.9. The molecular weight excluding hydrogens is 200 g/mol. The van der Waals surface area contributed by atoms with E-state index in [2.05, 4.69) is 10.3 Å². The molecule has 0 spiro atoms. The van der Waals surface area contributed by atoms with Crippen LogP contribution in [0.3, 0.4) is 0 Å². The average Bonchev–Trinajstić information content (AvgIpc) is 2.37. The minimum absolute atomic E-state index is 0.669. The number of aromatic nitrogens is 1. The maximum atomic E-state index is 5.64. The number of nitrogens with one attached hydrogen (secondary N) is 1. The van der Waals surface area contributed by atoms with Crippen LogP contribution in [0.1, 0.15) is 31.2 Å². The lowest BCUT2D eigenvalue weighted by molar-refractivity contribution is 0.108. The SMILES string of the molecule is c1cncc(COCC[C@@H]2CCCCN2)c1. The highest BCUT2D eigenvalue weighted by molar-refractivity contribution is 5.06. The number of piperidine rings is 1. The van der Waals surface area contributed by atoms with Gasteiger partial charge in [0.15, 0.2) is 0 Å². The molecule has 0 radical (unpaired) electrons. The summed E-state index contributed by atoms with van der Waals surface area (Å²) < 4.78 is 5.64. The number of rotatable bonds is 5. The van der Waals surface area contributed by atoms with E-state index in [1.807, 2.05) is 18.3 Å². The van der Waals surface area contributed by atoms with Crippen LogP contribution in [0.4, 0.5) is 0 Å². The van der Waals surface area contributed by atoms with E-state index in [9.17, 15) is 0 Å². The van der Waals surface area contributed by atoms with Gasteiger partial charge in [0.2, 0.25) is 0 Å². The lowest BCUT2D eigenvalue weighted by Crippen LogP contribution is -2.34. The minimum Gasteiger partial charge on any atom is -0.377 e. The smallest absolute Gasteiger partial charge is 0.0731 e. The fraction of sp³-hybridized carbons (Fsp3) is 0.615. The van der Waals surface area contributed by atoms with Gasteiger partial charge in [-0.3, -0.25) is 4.98 Å². The molecular formula is C13H20N2O. The Balaban J connectivity index is 1.58. The molecule has 3 heteroatoms. The molecule has 0 unspecified atom stereocenters. The second-order valence-corrected chi connectivity index (χ2v) is 4.35. The Morgan fingerprint density at radius 3 is 3.19 bits per heavy atom. The van der Waals surface area contributed by atoms with E-state index < -0.39 is 0 Å². The summed E-state index contributed by atoms with van der Waals surface area (Å²) in [4.78, 5) is 4.06.